The Morgan fingerprint density at radius 3 is 2.54 bits per heavy atom. The van der Waals surface area contributed by atoms with E-state index in [4.69, 9.17) is 0 Å². The number of sulfone groups is 1. The van der Waals surface area contributed by atoms with Crippen molar-refractivity contribution in [2.45, 2.75) is 9.10 Å². The number of phenols is 1. The smallest absolute Gasteiger partial charge is 0.215 e. The van der Waals surface area contributed by atoms with Crippen LogP contribution in [0.4, 0.5) is 4.39 Å². The lowest BCUT2D eigenvalue weighted by Crippen LogP contribution is -1.99. The second-order valence-electron chi connectivity index (χ2n) is 5.91. The molecule has 2 heterocycles. The van der Waals surface area contributed by atoms with Crippen molar-refractivity contribution in [3.8, 4) is 27.4 Å². The molecule has 0 aliphatic rings. The Hall–Kier alpha value is -3.10. The van der Waals surface area contributed by atoms with E-state index in [1.54, 1.807) is 30.5 Å². The van der Waals surface area contributed by atoms with Gasteiger partial charge in [0.05, 0.1) is 15.5 Å². The molecule has 4 rings (SSSR count). The second-order valence-corrected chi connectivity index (χ2v) is 9.17. The van der Waals surface area contributed by atoms with Crippen LogP contribution in [0.1, 0.15) is 0 Å². The number of aromatic hydroxyl groups is 1. The first-order valence-electron chi connectivity index (χ1n) is 8.15. The number of rotatable bonds is 4. The highest BCUT2D eigenvalue weighted by Gasteiger charge is 2.21. The van der Waals surface area contributed by atoms with Crippen molar-refractivity contribution < 1.29 is 17.9 Å². The molecule has 0 saturated heterocycles. The van der Waals surface area contributed by atoms with Crippen molar-refractivity contribution in [1.82, 2.24) is 9.97 Å². The second kappa shape index (κ2) is 7.14. The molecule has 0 amide bonds. The quantitative estimate of drug-likeness (QED) is 0.498. The number of hydrogen-bond acceptors (Lipinski definition) is 6. The molecule has 0 aliphatic heterocycles. The minimum atomic E-state index is -3.76. The maximum atomic E-state index is 13.1. The van der Waals surface area contributed by atoms with E-state index in [0.29, 0.717) is 21.7 Å². The third-order valence-corrected chi connectivity index (χ3v) is 7.43. The highest BCUT2D eigenvalue weighted by Crippen LogP contribution is 2.37. The molecular formula is C20H13FN2O3S2. The zero-order valence-electron chi connectivity index (χ0n) is 14.3. The Kier molecular flexibility index (Phi) is 4.66. The van der Waals surface area contributed by atoms with Gasteiger partial charge in [-0.1, -0.05) is 12.1 Å². The van der Waals surface area contributed by atoms with E-state index in [1.165, 1.54) is 24.5 Å². The molecule has 0 aliphatic carbocycles. The first kappa shape index (κ1) is 18.3. The van der Waals surface area contributed by atoms with Crippen LogP contribution < -0.4 is 0 Å². The van der Waals surface area contributed by atoms with Crippen molar-refractivity contribution in [2.75, 3.05) is 0 Å². The number of benzene rings is 2. The maximum absolute atomic E-state index is 13.1. The number of thiophene rings is 1. The summed E-state index contributed by atoms with van der Waals surface area (Å²) in [4.78, 5) is 9.02. The Balaban J connectivity index is 1.78. The summed E-state index contributed by atoms with van der Waals surface area (Å²) in [7, 11) is -3.76. The summed E-state index contributed by atoms with van der Waals surface area (Å²) >= 11 is 1.07. The van der Waals surface area contributed by atoms with Gasteiger partial charge in [0.1, 0.15) is 22.1 Å². The fourth-order valence-corrected chi connectivity index (χ4v) is 5.45. The molecule has 4 aromatic rings. The van der Waals surface area contributed by atoms with Gasteiger partial charge in [0, 0.05) is 11.8 Å². The first-order valence-corrected chi connectivity index (χ1v) is 10.5. The summed E-state index contributed by atoms with van der Waals surface area (Å²) in [5.74, 6) is -0.388. The topological polar surface area (TPSA) is 80.2 Å². The summed E-state index contributed by atoms with van der Waals surface area (Å²) in [6, 6.07) is 14.6. The van der Waals surface area contributed by atoms with Gasteiger partial charge in [0.15, 0.2) is 0 Å². The van der Waals surface area contributed by atoms with Gasteiger partial charge in [-0.05, 0) is 54.1 Å². The van der Waals surface area contributed by atoms with Crippen LogP contribution in [0.2, 0.25) is 0 Å². The first-order chi connectivity index (χ1) is 13.4. The molecule has 140 valence electrons. The molecule has 8 heteroatoms. The molecule has 0 unspecified atom stereocenters. The van der Waals surface area contributed by atoms with Gasteiger partial charge >= 0.3 is 0 Å². The highest BCUT2D eigenvalue weighted by atomic mass is 32.2. The number of halogens is 1. The van der Waals surface area contributed by atoms with Crippen molar-refractivity contribution in [1.29, 1.82) is 0 Å². The SMILES string of the molecule is O=S(=O)(c1ccc(F)cc1)c1ccc(-c2ncncc2-c2cccc(O)c2)s1. The predicted octanol–water partition coefficient (Wildman–Crippen LogP) is 4.55. The summed E-state index contributed by atoms with van der Waals surface area (Å²) in [6.07, 6.45) is 3.00. The molecule has 0 saturated carbocycles. The van der Waals surface area contributed by atoms with Crippen LogP contribution >= 0.6 is 11.3 Å². The standard InChI is InChI=1S/C20H13FN2O3S2/c21-14-4-6-16(7-5-14)28(25,26)19-9-8-18(27-19)20-17(11-22-12-23-20)13-2-1-3-15(24)10-13/h1-12,24H. The summed E-state index contributed by atoms with van der Waals surface area (Å²) in [5, 5.41) is 9.75. The average Bonchev–Trinajstić information content (AvgIpc) is 3.19. The maximum Gasteiger partial charge on any atom is 0.215 e. The zero-order chi connectivity index (χ0) is 19.7. The molecule has 0 bridgehead atoms. The highest BCUT2D eigenvalue weighted by molar-refractivity contribution is 7.93. The fraction of sp³-hybridized carbons (Fsp3) is 0. The van der Waals surface area contributed by atoms with Gasteiger partial charge in [-0.25, -0.2) is 22.8 Å². The molecule has 0 atom stereocenters. The summed E-state index contributed by atoms with van der Waals surface area (Å²) in [5.41, 5.74) is 1.95. The summed E-state index contributed by atoms with van der Waals surface area (Å²) in [6.45, 7) is 0. The molecule has 2 aromatic heterocycles. The molecule has 0 fully saturated rings. The van der Waals surface area contributed by atoms with Crippen LogP contribution in [0.15, 0.2) is 82.3 Å². The van der Waals surface area contributed by atoms with E-state index in [2.05, 4.69) is 9.97 Å². The van der Waals surface area contributed by atoms with E-state index in [9.17, 15) is 17.9 Å². The van der Waals surface area contributed by atoms with Gasteiger partial charge in [-0.15, -0.1) is 11.3 Å². The van der Waals surface area contributed by atoms with Crippen molar-refractivity contribution >= 4 is 21.2 Å². The van der Waals surface area contributed by atoms with E-state index in [-0.39, 0.29) is 14.9 Å². The fourth-order valence-electron chi connectivity index (χ4n) is 2.73. The van der Waals surface area contributed by atoms with Crippen LogP contribution in [0, 0.1) is 5.82 Å². The Bertz CT molecular complexity index is 1250. The van der Waals surface area contributed by atoms with Crippen LogP contribution in [0.25, 0.3) is 21.7 Å². The Labute approximate surface area is 164 Å². The lowest BCUT2D eigenvalue weighted by molar-refractivity contribution is 0.475. The average molecular weight is 412 g/mol. The minimum Gasteiger partial charge on any atom is -0.508 e. The predicted molar refractivity (Wildman–Crippen MR) is 104 cm³/mol. The van der Waals surface area contributed by atoms with Crippen LogP contribution in [0.3, 0.4) is 0 Å². The van der Waals surface area contributed by atoms with Gasteiger partial charge in [0.2, 0.25) is 9.84 Å². The zero-order valence-corrected chi connectivity index (χ0v) is 15.9. The van der Waals surface area contributed by atoms with Gasteiger partial charge in [0.25, 0.3) is 0 Å². The van der Waals surface area contributed by atoms with Crippen LogP contribution in [-0.4, -0.2) is 23.5 Å². The lowest BCUT2D eigenvalue weighted by atomic mass is 10.0. The Morgan fingerprint density at radius 2 is 1.79 bits per heavy atom. The lowest BCUT2D eigenvalue weighted by Gasteiger charge is -2.07. The van der Waals surface area contributed by atoms with E-state index >= 15 is 0 Å². The van der Waals surface area contributed by atoms with E-state index < -0.39 is 15.7 Å². The molecule has 1 N–H and O–H groups in total. The number of nitrogens with zero attached hydrogens (tertiary/aromatic N) is 2. The molecule has 28 heavy (non-hydrogen) atoms. The van der Waals surface area contributed by atoms with Gasteiger partial charge in [-0.2, -0.15) is 0 Å². The molecule has 2 aromatic carbocycles. The van der Waals surface area contributed by atoms with Crippen LogP contribution in [-0.2, 0) is 9.84 Å². The Morgan fingerprint density at radius 1 is 1.00 bits per heavy atom. The van der Waals surface area contributed by atoms with Crippen molar-refractivity contribution in [3.63, 3.8) is 0 Å². The third-order valence-electron chi connectivity index (χ3n) is 4.07. The van der Waals surface area contributed by atoms with E-state index in [1.807, 2.05) is 6.07 Å². The largest absolute Gasteiger partial charge is 0.508 e. The van der Waals surface area contributed by atoms with Gasteiger partial charge in [-0.3, -0.25) is 0 Å². The van der Waals surface area contributed by atoms with E-state index in [0.717, 1.165) is 23.5 Å². The molecular weight excluding hydrogens is 399 g/mol. The van der Waals surface area contributed by atoms with Crippen LogP contribution in [0.5, 0.6) is 5.75 Å². The monoisotopic (exact) mass is 412 g/mol. The van der Waals surface area contributed by atoms with Crippen molar-refractivity contribution in [3.05, 3.63) is 79.0 Å². The minimum absolute atomic E-state index is 0.0261. The number of aromatic nitrogens is 2. The normalized spacial score (nSPS) is 11.5. The summed E-state index contributed by atoms with van der Waals surface area (Å²) < 4.78 is 38.9. The van der Waals surface area contributed by atoms with Gasteiger partial charge < -0.3 is 5.11 Å². The number of hydrogen-bond donors (Lipinski definition) is 1. The molecule has 0 spiro atoms. The number of phenolic OH excluding ortho intramolecular Hbond substituents is 1. The third kappa shape index (κ3) is 3.39. The molecule has 0 radical (unpaired) electrons. The van der Waals surface area contributed by atoms with Crippen molar-refractivity contribution in [2.24, 2.45) is 0 Å². The molecule has 5 nitrogen and oxygen atoms in total.